The molecule has 136 valence electrons. The Hall–Kier alpha value is -2.37. The highest BCUT2D eigenvalue weighted by atomic mass is 35.5. The maximum atomic E-state index is 12.2. The van der Waals surface area contributed by atoms with Gasteiger partial charge >= 0.3 is 0 Å². The molecule has 2 amide bonds. The number of halogens is 1. The van der Waals surface area contributed by atoms with Gasteiger partial charge in [0, 0.05) is 22.8 Å². The van der Waals surface area contributed by atoms with E-state index < -0.39 is 0 Å². The summed E-state index contributed by atoms with van der Waals surface area (Å²) in [4.78, 5) is 26.1. The second-order valence-corrected chi connectivity index (χ2v) is 6.61. The van der Waals surface area contributed by atoms with Gasteiger partial charge in [-0.3, -0.25) is 9.59 Å². The third kappa shape index (κ3) is 4.42. The molecule has 1 aliphatic rings. The summed E-state index contributed by atoms with van der Waals surface area (Å²) in [6, 6.07) is 14.6. The Balaban J connectivity index is 1.59. The van der Waals surface area contributed by atoms with Crippen LogP contribution in [0.4, 0.5) is 5.69 Å². The van der Waals surface area contributed by atoms with Crippen LogP contribution in [0.2, 0.25) is 5.02 Å². The number of anilines is 1. The van der Waals surface area contributed by atoms with Crippen LogP contribution in [0.3, 0.4) is 0 Å². The molecule has 2 aromatic rings. The van der Waals surface area contributed by atoms with Gasteiger partial charge in [-0.15, -0.1) is 0 Å². The van der Waals surface area contributed by atoms with Crippen LogP contribution in [-0.2, 0) is 16.0 Å². The van der Waals surface area contributed by atoms with Gasteiger partial charge in [-0.1, -0.05) is 30.7 Å². The van der Waals surface area contributed by atoms with Crippen molar-refractivity contribution >= 4 is 29.1 Å². The van der Waals surface area contributed by atoms with Gasteiger partial charge in [0.05, 0.1) is 12.6 Å². The van der Waals surface area contributed by atoms with E-state index in [-0.39, 0.29) is 24.5 Å². The smallest absolute Gasteiger partial charge is 0.253 e. The van der Waals surface area contributed by atoms with E-state index in [0.717, 1.165) is 12.1 Å². The molecular formula is C20H21ClN2O3. The molecule has 0 aromatic heterocycles. The Bertz CT molecular complexity index is 775. The molecule has 26 heavy (non-hydrogen) atoms. The van der Waals surface area contributed by atoms with Crippen LogP contribution in [0, 0.1) is 0 Å². The van der Waals surface area contributed by atoms with Gasteiger partial charge in [-0.2, -0.15) is 0 Å². The van der Waals surface area contributed by atoms with Crippen LogP contribution in [0.25, 0.3) is 0 Å². The normalized spacial score (nSPS) is 17.2. The van der Waals surface area contributed by atoms with E-state index in [9.17, 15) is 9.59 Å². The predicted molar refractivity (Wildman–Crippen MR) is 102 cm³/mol. The zero-order valence-corrected chi connectivity index (χ0v) is 15.3. The first-order valence-corrected chi connectivity index (χ1v) is 8.99. The van der Waals surface area contributed by atoms with Crippen LogP contribution in [0.1, 0.15) is 22.8 Å². The molecule has 0 spiro atoms. The average molecular weight is 373 g/mol. The molecule has 1 fully saturated rings. The largest absolute Gasteiger partial charge is 0.365 e. The van der Waals surface area contributed by atoms with Crippen molar-refractivity contribution in [2.75, 3.05) is 24.6 Å². The lowest BCUT2D eigenvalue weighted by Gasteiger charge is -2.33. The molecule has 1 N–H and O–H groups in total. The summed E-state index contributed by atoms with van der Waals surface area (Å²) in [6.07, 6.45) is 0.700. The van der Waals surface area contributed by atoms with E-state index in [2.05, 4.69) is 12.2 Å². The second kappa shape index (κ2) is 8.34. The number of benzene rings is 2. The first kappa shape index (κ1) is 18.4. The van der Waals surface area contributed by atoms with E-state index >= 15 is 0 Å². The Labute approximate surface area is 157 Å². The molecule has 5 nitrogen and oxygen atoms in total. The Morgan fingerprint density at radius 2 is 1.88 bits per heavy atom. The molecule has 0 radical (unpaired) electrons. The van der Waals surface area contributed by atoms with Gasteiger partial charge < -0.3 is 15.0 Å². The summed E-state index contributed by atoms with van der Waals surface area (Å²) in [5.41, 5.74) is 2.61. The number of hydrogen-bond acceptors (Lipinski definition) is 3. The first-order valence-electron chi connectivity index (χ1n) is 8.61. The Morgan fingerprint density at radius 1 is 1.19 bits per heavy atom. The highest BCUT2D eigenvalue weighted by Crippen LogP contribution is 2.19. The summed E-state index contributed by atoms with van der Waals surface area (Å²) in [5, 5.41) is 3.43. The minimum absolute atomic E-state index is 0.0109. The molecule has 1 unspecified atom stereocenters. The molecule has 3 rings (SSSR count). The maximum Gasteiger partial charge on any atom is 0.253 e. The van der Waals surface area contributed by atoms with E-state index in [1.165, 1.54) is 5.56 Å². The van der Waals surface area contributed by atoms with Gasteiger partial charge in [0.1, 0.15) is 6.61 Å². The van der Waals surface area contributed by atoms with Crippen molar-refractivity contribution in [2.45, 2.75) is 19.4 Å². The van der Waals surface area contributed by atoms with E-state index in [1.807, 2.05) is 24.3 Å². The lowest BCUT2D eigenvalue weighted by molar-refractivity contribution is -0.129. The lowest BCUT2D eigenvalue weighted by Crippen LogP contribution is -2.50. The van der Waals surface area contributed by atoms with E-state index in [1.54, 1.807) is 29.2 Å². The van der Waals surface area contributed by atoms with Crippen LogP contribution in [-0.4, -0.2) is 37.6 Å². The molecule has 0 saturated carbocycles. The van der Waals surface area contributed by atoms with Gasteiger partial charge in [-0.25, -0.2) is 0 Å². The standard InChI is InChI=1S/C20H21ClN2O3/c1-2-14-3-9-17(10-4-14)23-12-18(26-13-19(23)24)11-22-20(25)15-5-7-16(21)8-6-15/h3-10,18H,2,11-13H2,1H3,(H,22,25). The first-order chi connectivity index (χ1) is 12.6. The molecule has 1 aliphatic heterocycles. The zero-order chi connectivity index (χ0) is 18.5. The van der Waals surface area contributed by atoms with Crippen LogP contribution < -0.4 is 10.2 Å². The minimum Gasteiger partial charge on any atom is -0.365 e. The fourth-order valence-electron chi connectivity index (χ4n) is 2.82. The second-order valence-electron chi connectivity index (χ2n) is 6.17. The molecule has 1 atom stereocenters. The number of ether oxygens (including phenoxy) is 1. The molecule has 6 heteroatoms. The van der Waals surface area contributed by atoms with Crippen molar-refractivity contribution in [3.63, 3.8) is 0 Å². The molecule has 0 bridgehead atoms. The van der Waals surface area contributed by atoms with Crippen molar-refractivity contribution in [3.05, 3.63) is 64.7 Å². The van der Waals surface area contributed by atoms with Gasteiger partial charge in [0.2, 0.25) is 0 Å². The van der Waals surface area contributed by atoms with Gasteiger partial charge in [-0.05, 0) is 48.4 Å². The van der Waals surface area contributed by atoms with Crippen molar-refractivity contribution < 1.29 is 14.3 Å². The molecule has 1 saturated heterocycles. The van der Waals surface area contributed by atoms with Gasteiger partial charge in [0.25, 0.3) is 11.8 Å². The fraction of sp³-hybridized carbons (Fsp3) is 0.300. The predicted octanol–water partition coefficient (Wildman–Crippen LogP) is 3.06. The van der Waals surface area contributed by atoms with Crippen LogP contribution >= 0.6 is 11.6 Å². The summed E-state index contributed by atoms with van der Waals surface area (Å²) in [7, 11) is 0. The average Bonchev–Trinajstić information content (AvgIpc) is 2.68. The third-order valence-corrected chi connectivity index (χ3v) is 4.63. The zero-order valence-electron chi connectivity index (χ0n) is 14.6. The number of carbonyl (C=O) groups excluding carboxylic acids is 2. The molecule has 1 heterocycles. The number of morpholine rings is 1. The molecule has 2 aromatic carbocycles. The molecular weight excluding hydrogens is 352 g/mol. The summed E-state index contributed by atoms with van der Waals surface area (Å²) in [6.45, 7) is 2.84. The Morgan fingerprint density at radius 3 is 2.54 bits per heavy atom. The van der Waals surface area contributed by atoms with Gasteiger partial charge in [0.15, 0.2) is 0 Å². The molecule has 0 aliphatic carbocycles. The highest BCUT2D eigenvalue weighted by molar-refractivity contribution is 6.30. The van der Waals surface area contributed by atoms with E-state index in [4.69, 9.17) is 16.3 Å². The lowest BCUT2D eigenvalue weighted by atomic mass is 10.1. The van der Waals surface area contributed by atoms with Crippen LogP contribution in [0.5, 0.6) is 0 Å². The number of rotatable bonds is 5. The van der Waals surface area contributed by atoms with Crippen molar-refractivity contribution in [3.8, 4) is 0 Å². The fourth-order valence-corrected chi connectivity index (χ4v) is 2.95. The van der Waals surface area contributed by atoms with Crippen molar-refractivity contribution in [1.29, 1.82) is 0 Å². The highest BCUT2D eigenvalue weighted by Gasteiger charge is 2.27. The minimum atomic E-state index is -0.255. The number of nitrogens with zero attached hydrogens (tertiary/aromatic N) is 1. The van der Waals surface area contributed by atoms with Crippen molar-refractivity contribution in [2.24, 2.45) is 0 Å². The van der Waals surface area contributed by atoms with E-state index in [0.29, 0.717) is 23.7 Å². The number of carbonyl (C=O) groups is 2. The monoisotopic (exact) mass is 372 g/mol. The third-order valence-electron chi connectivity index (χ3n) is 4.38. The SMILES string of the molecule is CCc1ccc(N2CC(CNC(=O)c3ccc(Cl)cc3)OCC2=O)cc1. The number of hydrogen-bond donors (Lipinski definition) is 1. The summed E-state index contributed by atoms with van der Waals surface area (Å²) < 4.78 is 5.57. The quantitative estimate of drug-likeness (QED) is 0.877. The number of aryl methyl sites for hydroxylation is 1. The maximum absolute atomic E-state index is 12.2. The summed E-state index contributed by atoms with van der Waals surface area (Å²) >= 11 is 5.83. The Kier molecular flexibility index (Phi) is 5.91. The number of amides is 2. The van der Waals surface area contributed by atoms with Crippen molar-refractivity contribution in [1.82, 2.24) is 5.32 Å². The summed E-state index contributed by atoms with van der Waals surface area (Å²) in [5.74, 6) is -0.268. The number of nitrogens with one attached hydrogen (secondary N) is 1. The topological polar surface area (TPSA) is 58.6 Å². The van der Waals surface area contributed by atoms with Crippen LogP contribution in [0.15, 0.2) is 48.5 Å².